The lowest BCUT2D eigenvalue weighted by Gasteiger charge is -2.28. The lowest BCUT2D eigenvalue weighted by Crippen LogP contribution is -2.47. The maximum atomic E-state index is 13.0. The highest BCUT2D eigenvalue weighted by Gasteiger charge is 2.22. The number of aromatic nitrogens is 1. The van der Waals surface area contributed by atoms with Gasteiger partial charge in [0.25, 0.3) is 5.91 Å². The highest BCUT2D eigenvalue weighted by Crippen LogP contribution is 2.22. The summed E-state index contributed by atoms with van der Waals surface area (Å²) < 4.78 is 16.3. The molecule has 1 atom stereocenters. The van der Waals surface area contributed by atoms with Crippen LogP contribution in [-0.2, 0) is 22.6 Å². The quantitative estimate of drug-likeness (QED) is 0.293. The third-order valence-electron chi connectivity index (χ3n) is 6.38. The van der Waals surface area contributed by atoms with E-state index in [4.69, 9.17) is 14.2 Å². The van der Waals surface area contributed by atoms with E-state index < -0.39 is 0 Å². The number of fused-ring (bicyclic) bond motifs is 1. The first kappa shape index (κ1) is 26.6. The molecule has 0 radical (unpaired) electrons. The number of carbonyl (C=O) groups is 2. The minimum atomic E-state index is -0.347. The molecule has 2 N–H and O–H groups in total. The van der Waals surface area contributed by atoms with Gasteiger partial charge in [-0.1, -0.05) is 36.4 Å². The lowest BCUT2D eigenvalue weighted by atomic mass is 10.0. The van der Waals surface area contributed by atoms with E-state index >= 15 is 0 Å². The van der Waals surface area contributed by atoms with Crippen molar-refractivity contribution in [1.82, 2.24) is 15.2 Å². The number of hydrogen-bond donors (Lipinski definition) is 2. The van der Waals surface area contributed by atoms with Crippen molar-refractivity contribution < 1.29 is 23.8 Å². The first-order valence-corrected chi connectivity index (χ1v) is 12.5. The normalized spacial score (nSPS) is 11.6. The van der Waals surface area contributed by atoms with Crippen LogP contribution in [-0.4, -0.2) is 55.1 Å². The van der Waals surface area contributed by atoms with Crippen molar-refractivity contribution in [3.8, 4) is 17.2 Å². The topological polar surface area (TPSA) is 92.9 Å². The molecule has 0 fully saturated rings. The van der Waals surface area contributed by atoms with Crippen molar-refractivity contribution in [2.75, 3.05) is 27.4 Å². The third kappa shape index (κ3) is 6.85. The molecule has 2 amide bonds. The lowest BCUT2D eigenvalue weighted by molar-refractivity contribution is -0.131. The summed E-state index contributed by atoms with van der Waals surface area (Å²) in [6.45, 7) is 2.07. The third-order valence-corrected chi connectivity index (χ3v) is 6.38. The molecule has 198 valence electrons. The van der Waals surface area contributed by atoms with Crippen LogP contribution in [0, 0.1) is 0 Å². The number of hydrogen-bond acceptors (Lipinski definition) is 5. The average molecular weight is 516 g/mol. The number of para-hydroxylation sites is 2. The number of methoxy groups -OCH3 is 2. The molecule has 0 saturated carbocycles. The number of aromatic amines is 1. The van der Waals surface area contributed by atoms with Crippen LogP contribution in [0.5, 0.6) is 17.2 Å². The average Bonchev–Trinajstić information content (AvgIpc) is 3.34. The number of benzene rings is 3. The second-order valence-electron chi connectivity index (χ2n) is 9.00. The second kappa shape index (κ2) is 12.7. The number of ether oxygens (including phenoxy) is 3. The van der Waals surface area contributed by atoms with Gasteiger partial charge < -0.3 is 29.4 Å². The molecule has 0 spiro atoms. The first-order valence-electron chi connectivity index (χ1n) is 12.5. The number of amides is 2. The minimum Gasteiger partial charge on any atom is -0.497 e. The van der Waals surface area contributed by atoms with E-state index in [0.717, 1.165) is 22.0 Å². The zero-order chi connectivity index (χ0) is 26.9. The standard InChI is InChI=1S/C30H33N3O5/c1-21(34)33(18-22-8-4-7-11-29(22)37-3)19-24(16-23-17-31-28-10-6-5-9-27(23)28)32-30(35)20-38-26-14-12-25(36-2)13-15-26/h4-15,17,24,31H,16,18-20H2,1-3H3,(H,32,35). The Kier molecular flexibility index (Phi) is 8.87. The molecule has 4 rings (SSSR count). The Balaban J connectivity index is 1.50. The van der Waals surface area contributed by atoms with Crippen LogP contribution in [0.3, 0.4) is 0 Å². The number of nitrogens with one attached hydrogen (secondary N) is 2. The highest BCUT2D eigenvalue weighted by molar-refractivity contribution is 5.83. The summed E-state index contributed by atoms with van der Waals surface area (Å²) in [4.78, 5) is 30.7. The molecule has 8 heteroatoms. The molecule has 1 aromatic heterocycles. The maximum absolute atomic E-state index is 13.0. The SMILES string of the molecule is COc1ccc(OCC(=O)NC(Cc2c[nH]c3ccccc23)CN(Cc2ccccc2OC)C(C)=O)cc1. The van der Waals surface area contributed by atoms with Crippen molar-refractivity contribution in [3.05, 3.63) is 90.1 Å². The second-order valence-corrected chi connectivity index (χ2v) is 9.00. The molecular formula is C30H33N3O5. The molecule has 0 saturated heterocycles. The van der Waals surface area contributed by atoms with Gasteiger partial charge in [-0.3, -0.25) is 9.59 Å². The molecule has 3 aromatic carbocycles. The fourth-order valence-electron chi connectivity index (χ4n) is 4.43. The van der Waals surface area contributed by atoms with E-state index in [0.29, 0.717) is 36.8 Å². The molecule has 0 aliphatic rings. The largest absolute Gasteiger partial charge is 0.497 e. The summed E-state index contributed by atoms with van der Waals surface area (Å²) >= 11 is 0. The number of carbonyl (C=O) groups excluding carboxylic acids is 2. The molecule has 1 unspecified atom stereocenters. The molecule has 0 aliphatic heterocycles. The van der Waals surface area contributed by atoms with Crippen LogP contribution >= 0.6 is 0 Å². The number of rotatable bonds is 12. The summed E-state index contributed by atoms with van der Waals surface area (Å²) in [5.74, 6) is 1.62. The fourth-order valence-corrected chi connectivity index (χ4v) is 4.43. The van der Waals surface area contributed by atoms with Gasteiger partial charge in [0.1, 0.15) is 17.2 Å². The Labute approximate surface area is 222 Å². The van der Waals surface area contributed by atoms with Gasteiger partial charge in [-0.15, -0.1) is 0 Å². The Bertz CT molecular complexity index is 1370. The minimum absolute atomic E-state index is 0.0939. The molecular weight excluding hydrogens is 482 g/mol. The summed E-state index contributed by atoms with van der Waals surface area (Å²) in [7, 11) is 3.20. The number of H-pyrrole nitrogens is 1. The first-order chi connectivity index (χ1) is 18.5. The van der Waals surface area contributed by atoms with E-state index in [9.17, 15) is 9.59 Å². The summed E-state index contributed by atoms with van der Waals surface area (Å²) in [5, 5.41) is 4.17. The molecule has 0 bridgehead atoms. The Hall–Kier alpha value is -4.46. The highest BCUT2D eigenvalue weighted by atomic mass is 16.5. The van der Waals surface area contributed by atoms with Gasteiger partial charge in [-0.25, -0.2) is 0 Å². The van der Waals surface area contributed by atoms with E-state index in [1.807, 2.05) is 54.7 Å². The van der Waals surface area contributed by atoms with Crippen LogP contribution in [0.4, 0.5) is 0 Å². The van der Waals surface area contributed by atoms with E-state index in [1.54, 1.807) is 43.4 Å². The smallest absolute Gasteiger partial charge is 0.258 e. The monoisotopic (exact) mass is 515 g/mol. The van der Waals surface area contributed by atoms with Gasteiger partial charge in [0.2, 0.25) is 5.91 Å². The van der Waals surface area contributed by atoms with E-state index in [-0.39, 0.29) is 24.5 Å². The summed E-state index contributed by atoms with van der Waals surface area (Å²) in [6.07, 6.45) is 2.49. The Morgan fingerprint density at radius 2 is 1.61 bits per heavy atom. The fraction of sp³-hybridized carbons (Fsp3) is 0.267. The van der Waals surface area contributed by atoms with Crippen molar-refractivity contribution in [2.45, 2.75) is 25.9 Å². The van der Waals surface area contributed by atoms with E-state index in [1.165, 1.54) is 6.92 Å². The van der Waals surface area contributed by atoms with Crippen molar-refractivity contribution in [1.29, 1.82) is 0 Å². The molecule has 1 heterocycles. The van der Waals surface area contributed by atoms with Crippen LogP contribution < -0.4 is 19.5 Å². The van der Waals surface area contributed by atoms with Gasteiger partial charge >= 0.3 is 0 Å². The van der Waals surface area contributed by atoms with Crippen molar-refractivity contribution in [2.24, 2.45) is 0 Å². The van der Waals surface area contributed by atoms with Crippen LogP contribution in [0.1, 0.15) is 18.1 Å². The van der Waals surface area contributed by atoms with Crippen LogP contribution in [0.15, 0.2) is 79.0 Å². The van der Waals surface area contributed by atoms with Gasteiger partial charge in [0.15, 0.2) is 6.61 Å². The van der Waals surface area contributed by atoms with Gasteiger partial charge in [-0.05, 0) is 48.4 Å². The zero-order valence-corrected chi connectivity index (χ0v) is 21.9. The Morgan fingerprint density at radius 1 is 0.895 bits per heavy atom. The predicted molar refractivity (Wildman–Crippen MR) is 147 cm³/mol. The predicted octanol–water partition coefficient (Wildman–Crippen LogP) is 4.34. The van der Waals surface area contributed by atoms with Crippen molar-refractivity contribution in [3.63, 3.8) is 0 Å². The number of nitrogens with zero attached hydrogens (tertiary/aromatic N) is 1. The molecule has 38 heavy (non-hydrogen) atoms. The van der Waals surface area contributed by atoms with Crippen molar-refractivity contribution >= 4 is 22.7 Å². The van der Waals surface area contributed by atoms with E-state index in [2.05, 4.69) is 10.3 Å². The molecule has 0 aliphatic carbocycles. The molecule has 4 aromatic rings. The Morgan fingerprint density at radius 3 is 2.34 bits per heavy atom. The molecule has 8 nitrogen and oxygen atoms in total. The van der Waals surface area contributed by atoms with Crippen LogP contribution in [0.25, 0.3) is 10.9 Å². The maximum Gasteiger partial charge on any atom is 0.258 e. The zero-order valence-electron chi connectivity index (χ0n) is 21.9. The van der Waals surface area contributed by atoms with Gasteiger partial charge in [0.05, 0.1) is 20.3 Å². The van der Waals surface area contributed by atoms with Crippen LogP contribution in [0.2, 0.25) is 0 Å². The summed E-state index contributed by atoms with van der Waals surface area (Å²) in [6, 6.07) is 22.3. The van der Waals surface area contributed by atoms with Gasteiger partial charge in [-0.2, -0.15) is 0 Å². The summed E-state index contributed by atoms with van der Waals surface area (Å²) in [5.41, 5.74) is 2.97. The van der Waals surface area contributed by atoms with Gasteiger partial charge in [0, 0.05) is 42.7 Å².